The van der Waals surface area contributed by atoms with Gasteiger partial charge in [0.15, 0.2) is 11.4 Å². The van der Waals surface area contributed by atoms with Gasteiger partial charge < -0.3 is 30.4 Å². The van der Waals surface area contributed by atoms with Crippen molar-refractivity contribution in [3.63, 3.8) is 0 Å². The summed E-state index contributed by atoms with van der Waals surface area (Å²) in [5.41, 5.74) is -0.307. The molecule has 5 N–H and O–H groups in total. The van der Waals surface area contributed by atoms with E-state index in [1.165, 1.54) is 11.8 Å². The van der Waals surface area contributed by atoms with Crippen LogP contribution in [0.1, 0.15) is 0 Å². The van der Waals surface area contributed by atoms with E-state index in [1.54, 1.807) is 6.26 Å². The molecular weight excluding hydrogens is 401 g/mol. The molecule has 0 unspecified atom stereocenters. The Morgan fingerprint density at radius 2 is 2.15 bits per heavy atom. The highest BCUT2D eigenvalue weighted by atomic mass is 127. The van der Waals surface area contributed by atoms with Gasteiger partial charge in [-0.15, -0.1) is 0 Å². The van der Waals surface area contributed by atoms with E-state index in [0.717, 1.165) is 0 Å². The Balaban J connectivity index is 2.22. The van der Waals surface area contributed by atoms with Gasteiger partial charge in [-0.2, -0.15) is 0 Å². The number of hydrogen-bond acceptors (Lipinski definition) is 8. The lowest BCUT2D eigenvalue weighted by atomic mass is 10.0. The monoisotopic (exact) mass is 415 g/mol. The molecule has 0 radical (unpaired) electrons. The van der Waals surface area contributed by atoms with Gasteiger partial charge in [0.2, 0.25) is 0 Å². The first-order valence-corrected chi connectivity index (χ1v) is 8.00. The molecule has 0 aromatic carbocycles. The second-order valence-corrected chi connectivity index (χ2v) is 6.06. The number of H-pyrrole nitrogens is 1. The third-order valence-electron chi connectivity index (χ3n) is 2.81. The SMILES string of the molecule is CSc1nc(N[C@H]2OC[C@@H](O)[C@@H](O)[C@H]2O)c(I)c(=O)[nH]1. The van der Waals surface area contributed by atoms with Gasteiger partial charge in [0.05, 0.1) is 6.61 Å². The number of halogens is 1. The van der Waals surface area contributed by atoms with Gasteiger partial charge in [0, 0.05) is 0 Å². The molecular formula is C10H14IN3O5S. The fourth-order valence-electron chi connectivity index (χ4n) is 1.70. The van der Waals surface area contributed by atoms with Crippen molar-refractivity contribution in [2.45, 2.75) is 29.7 Å². The van der Waals surface area contributed by atoms with Crippen molar-refractivity contribution >= 4 is 40.2 Å². The van der Waals surface area contributed by atoms with Gasteiger partial charge in [0.25, 0.3) is 5.56 Å². The number of thioether (sulfide) groups is 1. The molecule has 0 bridgehead atoms. The third kappa shape index (κ3) is 3.26. The number of nitrogens with one attached hydrogen (secondary N) is 2. The normalized spacial score (nSPS) is 30.2. The topological polar surface area (TPSA) is 128 Å². The Morgan fingerprint density at radius 3 is 2.80 bits per heavy atom. The molecule has 0 spiro atoms. The van der Waals surface area contributed by atoms with E-state index in [1.807, 2.05) is 22.6 Å². The van der Waals surface area contributed by atoms with Crippen molar-refractivity contribution in [1.29, 1.82) is 0 Å². The summed E-state index contributed by atoms with van der Waals surface area (Å²) in [7, 11) is 0. The van der Waals surface area contributed by atoms with Crippen molar-refractivity contribution in [2.75, 3.05) is 18.2 Å². The molecule has 0 amide bonds. The predicted octanol–water partition coefficient (Wildman–Crippen LogP) is -1.05. The molecule has 10 heteroatoms. The average Bonchev–Trinajstić information content (AvgIpc) is 2.44. The summed E-state index contributed by atoms with van der Waals surface area (Å²) < 4.78 is 5.53. The minimum atomic E-state index is -1.33. The molecule has 0 aliphatic carbocycles. The number of nitrogens with zero attached hydrogens (tertiary/aromatic N) is 1. The molecule has 1 aliphatic rings. The molecule has 2 rings (SSSR count). The van der Waals surface area contributed by atoms with Crippen LogP contribution in [0.4, 0.5) is 5.82 Å². The summed E-state index contributed by atoms with van der Waals surface area (Å²) >= 11 is 3.09. The molecule has 112 valence electrons. The van der Waals surface area contributed by atoms with Crippen LogP contribution in [0, 0.1) is 3.57 Å². The molecule has 0 saturated carbocycles. The summed E-state index contributed by atoms with van der Waals surface area (Å²) in [6.45, 7) is -0.120. The zero-order valence-electron chi connectivity index (χ0n) is 10.4. The minimum Gasteiger partial charge on any atom is -0.388 e. The van der Waals surface area contributed by atoms with Crippen molar-refractivity contribution in [3.8, 4) is 0 Å². The van der Waals surface area contributed by atoms with E-state index in [0.29, 0.717) is 8.73 Å². The molecule has 1 aromatic rings. The average molecular weight is 415 g/mol. The maximum atomic E-state index is 11.7. The molecule has 1 aliphatic heterocycles. The summed E-state index contributed by atoms with van der Waals surface area (Å²) in [4.78, 5) is 18.5. The van der Waals surface area contributed by atoms with Crippen molar-refractivity contribution in [1.82, 2.24) is 9.97 Å². The number of ether oxygens (including phenoxy) is 1. The first-order valence-electron chi connectivity index (χ1n) is 5.70. The summed E-state index contributed by atoms with van der Waals surface area (Å²) in [6.07, 6.45) is -2.97. The lowest BCUT2D eigenvalue weighted by Crippen LogP contribution is -2.55. The van der Waals surface area contributed by atoms with E-state index in [4.69, 9.17) is 4.74 Å². The Hall–Kier alpha value is -0.400. The van der Waals surface area contributed by atoms with Gasteiger partial charge in [-0.05, 0) is 28.8 Å². The van der Waals surface area contributed by atoms with Crippen molar-refractivity contribution < 1.29 is 20.1 Å². The van der Waals surface area contributed by atoms with Crippen LogP contribution < -0.4 is 10.9 Å². The molecule has 4 atom stereocenters. The second kappa shape index (κ2) is 6.58. The molecule has 2 heterocycles. The van der Waals surface area contributed by atoms with E-state index < -0.39 is 24.5 Å². The Morgan fingerprint density at radius 1 is 1.45 bits per heavy atom. The second-order valence-electron chi connectivity index (χ2n) is 4.18. The van der Waals surface area contributed by atoms with Crippen LogP contribution in [0.3, 0.4) is 0 Å². The third-order valence-corrected chi connectivity index (χ3v) is 4.40. The van der Waals surface area contributed by atoms with Gasteiger partial charge in [-0.25, -0.2) is 4.98 Å². The van der Waals surface area contributed by atoms with Gasteiger partial charge >= 0.3 is 0 Å². The molecule has 1 fully saturated rings. The summed E-state index contributed by atoms with van der Waals surface area (Å²) in [6, 6.07) is 0. The van der Waals surface area contributed by atoms with E-state index >= 15 is 0 Å². The lowest BCUT2D eigenvalue weighted by Gasteiger charge is -2.35. The zero-order chi connectivity index (χ0) is 14.9. The molecule has 1 aromatic heterocycles. The molecule has 20 heavy (non-hydrogen) atoms. The fourth-order valence-corrected chi connectivity index (χ4v) is 2.49. The standard InChI is InChI=1S/C10H14IN3O5S/c1-20-10-13-7(4(11)8(18)14-10)12-9-6(17)5(16)3(15)2-19-9/h3,5-6,9,15-17H,2H2,1H3,(H2,12,13,14,18)/t3-,5-,6-,9+/m1/s1. The Labute approximate surface area is 132 Å². The number of aliphatic hydroxyl groups excluding tert-OH is 3. The van der Waals surface area contributed by atoms with Crippen molar-refractivity contribution in [3.05, 3.63) is 13.9 Å². The maximum absolute atomic E-state index is 11.7. The number of rotatable bonds is 3. The van der Waals surface area contributed by atoms with Gasteiger partial charge in [0.1, 0.15) is 27.7 Å². The number of aromatic amines is 1. The zero-order valence-corrected chi connectivity index (χ0v) is 13.4. The predicted molar refractivity (Wildman–Crippen MR) is 80.7 cm³/mol. The first-order chi connectivity index (χ1) is 9.43. The Bertz CT molecular complexity index is 542. The molecule has 1 saturated heterocycles. The van der Waals surface area contributed by atoms with E-state index in [2.05, 4.69) is 15.3 Å². The van der Waals surface area contributed by atoms with E-state index in [9.17, 15) is 20.1 Å². The van der Waals surface area contributed by atoms with Crippen LogP contribution in [0.15, 0.2) is 9.95 Å². The minimum absolute atomic E-state index is 0.120. The van der Waals surface area contributed by atoms with Crippen LogP contribution in [-0.4, -0.2) is 62.7 Å². The number of aromatic nitrogens is 2. The highest BCUT2D eigenvalue weighted by molar-refractivity contribution is 14.1. The quantitative estimate of drug-likeness (QED) is 0.241. The highest BCUT2D eigenvalue weighted by Crippen LogP contribution is 2.20. The number of aliphatic hydroxyl groups is 3. The van der Waals surface area contributed by atoms with Gasteiger partial charge in [-0.1, -0.05) is 11.8 Å². The maximum Gasteiger partial charge on any atom is 0.267 e. The lowest BCUT2D eigenvalue weighted by molar-refractivity contribution is -0.178. The van der Waals surface area contributed by atoms with Crippen LogP contribution in [0.25, 0.3) is 0 Å². The number of anilines is 1. The van der Waals surface area contributed by atoms with Gasteiger partial charge in [-0.3, -0.25) is 4.79 Å². The summed E-state index contributed by atoms with van der Waals surface area (Å²) in [5.74, 6) is 0.256. The largest absolute Gasteiger partial charge is 0.388 e. The van der Waals surface area contributed by atoms with Crippen LogP contribution in [0.2, 0.25) is 0 Å². The van der Waals surface area contributed by atoms with Crippen molar-refractivity contribution in [2.24, 2.45) is 0 Å². The molecule has 8 nitrogen and oxygen atoms in total. The highest BCUT2D eigenvalue weighted by Gasteiger charge is 2.38. The number of hydrogen-bond donors (Lipinski definition) is 5. The van der Waals surface area contributed by atoms with Crippen LogP contribution in [0.5, 0.6) is 0 Å². The first kappa shape index (κ1) is 16.0. The fraction of sp³-hybridized carbons (Fsp3) is 0.600. The van der Waals surface area contributed by atoms with E-state index in [-0.39, 0.29) is 18.0 Å². The Kier molecular flexibility index (Phi) is 5.25. The summed E-state index contributed by atoms with van der Waals surface area (Å²) in [5, 5.41) is 32.0. The smallest absolute Gasteiger partial charge is 0.267 e. The van der Waals surface area contributed by atoms with Crippen LogP contribution >= 0.6 is 34.4 Å². The van der Waals surface area contributed by atoms with Crippen LogP contribution in [-0.2, 0) is 4.74 Å².